The predicted molar refractivity (Wildman–Crippen MR) is 105 cm³/mol. The van der Waals surface area contributed by atoms with E-state index < -0.39 is 25.6 Å². The summed E-state index contributed by atoms with van der Waals surface area (Å²) in [7, 11) is -7.43. The Balaban J connectivity index is 0.000000314. The zero-order valence-corrected chi connectivity index (χ0v) is 17.2. The van der Waals surface area contributed by atoms with E-state index in [0.717, 1.165) is 24.1 Å². The van der Waals surface area contributed by atoms with Gasteiger partial charge in [-0.1, -0.05) is 12.1 Å². The molecule has 1 atom stereocenters. The summed E-state index contributed by atoms with van der Waals surface area (Å²) in [6.45, 7) is 1.32. The van der Waals surface area contributed by atoms with Crippen molar-refractivity contribution in [3.8, 4) is 0 Å². The van der Waals surface area contributed by atoms with Crippen molar-refractivity contribution in [2.45, 2.75) is 36.9 Å². The molecule has 1 saturated heterocycles. The third kappa shape index (κ3) is 8.73. The number of hydrogen-bond acceptors (Lipinski definition) is 7. The van der Waals surface area contributed by atoms with E-state index in [9.17, 15) is 16.8 Å². The molecule has 0 radical (unpaired) electrons. The van der Waals surface area contributed by atoms with Gasteiger partial charge in [0.25, 0.3) is 10.1 Å². The van der Waals surface area contributed by atoms with Gasteiger partial charge in [-0.15, -0.1) is 11.6 Å². The minimum Gasteiger partial charge on any atom is -0.375 e. The normalized spacial score (nSPS) is 16.4. The van der Waals surface area contributed by atoms with Crippen LogP contribution in [-0.4, -0.2) is 55.2 Å². The van der Waals surface area contributed by atoms with Crippen LogP contribution in [0.5, 0.6) is 0 Å². The van der Waals surface area contributed by atoms with Crippen LogP contribution in [0.2, 0.25) is 0 Å². The van der Waals surface area contributed by atoms with Crippen molar-refractivity contribution in [3.63, 3.8) is 0 Å². The third-order valence-electron chi connectivity index (χ3n) is 3.86. The lowest BCUT2D eigenvalue weighted by atomic mass is 10.2. The molecule has 1 aromatic rings. The number of nitrogens with one attached hydrogen (secondary N) is 1. The van der Waals surface area contributed by atoms with Crippen molar-refractivity contribution in [1.82, 2.24) is 4.31 Å². The van der Waals surface area contributed by atoms with Crippen LogP contribution in [0.4, 0.5) is 5.69 Å². The highest BCUT2D eigenvalue weighted by atomic mass is 35.5. The fourth-order valence-electron chi connectivity index (χ4n) is 2.37. The summed E-state index contributed by atoms with van der Waals surface area (Å²) < 4.78 is 54.0. The van der Waals surface area contributed by atoms with E-state index in [2.05, 4.69) is 5.43 Å². The topological polar surface area (TPSA) is 150 Å². The Bertz CT molecular complexity index is 765. The fraction of sp³-hybridized carbons (Fsp3) is 0.600. The van der Waals surface area contributed by atoms with Crippen LogP contribution in [0, 0.1) is 0 Å². The first-order valence-electron chi connectivity index (χ1n) is 8.34. The molecule has 1 aromatic carbocycles. The van der Waals surface area contributed by atoms with E-state index >= 15 is 0 Å². The lowest BCUT2D eigenvalue weighted by Crippen LogP contribution is -2.29. The second-order valence-electron chi connectivity index (χ2n) is 6.00. The Hall–Kier alpha value is -0.950. The molecule has 0 amide bonds. The largest absolute Gasteiger partial charge is 0.375 e. The quantitative estimate of drug-likeness (QED) is 0.202. The average Bonchev–Trinajstić information content (AvgIpc) is 3.15. The molecule has 27 heavy (non-hydrogen) atoms. The van der Waals surface area contributed by atoms with Crippen molar-refractivity contribution in [1.29, 1.82) is 0 Å². The van der Waals surface area contributed by atoms with Gasteiger partial charge in [0.2, 0.25) is 10.0 Å². The number of benzene rings is 1. The molecule has 0 saturated carbocycles. The van der Waals surface area contributed by atoms with E-state index in [1.54, 1.807) is 28.6 Å². The second kappa shape index (κ2) is 11.1. The molecule has 0 aliphatic carbocycles. The summed E-state index contributed by atoms with van der Waals surface area (Å²) in [6, 6.07) is 7.11. The van der Waals surface area contributed by atoms with Crippen LogP contribution in [0.25, 0.3) is 0 Å². The van der Waals surface area contributed by atoms with Gasteiger partial charge in [0.1, 0.15) is 0 Å². The van der Waals surface area contributed by atoms with E-state index in [1.807, 2.05) is 0 Å². The number of anilines is 1. The maximum absolute atomic E-state index is 12.0. The van der Waals surface area contributed by atoms with Gasteiger partial charge in [-0.05, 0) is 43.4 Å². The Kier molecular flexibility index (Phi) is 9.95. The van der Waals surface area contributed by atoms with E-state index in [1.165, 1.54) is 0 Å². The molecule has 156 valence electrons. The number of halogens is 1. The molecule has 1 heterocycles. The number of nitrogen functional groups attached to an aromatic ring is 1. The zero-order chi connectivity index (χ0) is 20.5. The SMILES string of the molecule is NNc1ccc(CS(=O)(=O)N2CCCC2)cc1.O=S(=O)(O)C(O)CCCCl. The summed E-state index contributed by atoms with van der Waals surface area (Å²) in [5, 5.41) is 8.62. The van der Waals surface area contributed by atoms with Crippen molar-refractivity contribution >= 4 is 37.4 Å². The maximum atomic E-state index is 12.0. The monoisotopic (exact) mass is 443 g/mol. The zero-order valence-electron chi connectivity index (χ0n) is 14.8. The molecule has 1 fully saturated rings. The molecule has 0 bridgehead atoms. The summed E-state index contributed by atoms with van der Waals surface area (Å²) in [5.41, 5.74) is 2.38. The van der Waals surface area contributed by atoms with Gasteiger partial charge in [0.15, 0.2) is 5.44 Å². The third-order valence-corrected chi connectivity index (χ3v) is 6.90. The number of rotatable bonds is 8. The molecule has 12 heteroatoms. The van der Waals surface area contributed by atoms with Crippen LogP contribution in [-0.2, 0) is 25.9 Å². The van der Waals surface area contributed by atoms with E-state index in [4.69, 9.17) is 27.1 Å². The number of sulfonamides is 1. The van der Waals surface area contributed by atoms with Crippen molar-refractivity contribution in [3.05, 3.63) is 29.8 Å². The molecule has 2 rings (SSSR count). The highest BCUT2D eigenvalue weighted by Gasteiger charge is 2.25. The highest BCUT2D eigenvalue weighted by molar-refractivity contribution is 7.88. The highest BCUT2D eigenvalue weighted by Crippen LogP contribution is 2.18. The second-order valence-corrected chi connectivity index (χ2v) is 9.93. The molecule has 0 aromatic heterocycles. The van der Waals surface area contributed by atoms with E-state index in [0.29, 0.717) is 19.5 Å². The minimum absolute atomic E-state index is 0.0255. The van der Waals surface area contributed by atoms with Crippen LogP contribution < -0.4 is 11.3 Å². The Morgan fingerprint density at radius 2 is 1.70 bits per heavy atom. The lowest BCUT2D eigenvalue weighted by Gasteiger charge is -2.15. The fourth-order valence-corrected chi connectivity index (χ4v) is 4.60. The van der Waals surface area contributed by atoms with Crippen LogP contribution in [0.1, 0.15) is 31.2 Å². The molecular weight excluding hydrogens is 418 g/mol. The lowest BCUT2D eigenvalue weighted by molar-refractivity contribution is 0.223. The van der Waals surface area contributed by atoms with Crippen molar-refractivity contribution in [2.24, 2.45) is 5.84 Å². The van der Waals surface area contributed by atoms with Gasteiger partial charge in [-0.3, -0.25) is 10.4 Å². The summed E-state index contributed by atoms with van der Waals surface area (Å²) in [4.78, 5) is 0. The molecule has 9 nitrogen and oxygen atoms in total. The first kappa shape index (κ1) is 24.1. The van der Waals surface area contributed by atoms with Crippen molar-refractivity contribution < 1.29 is 26.5 Å². The van der Waals surface area contributed by atoms with Crippen LogP contribution >= 0.6 is 11.6 Å². The first-order valence-corrected chi connectivity index (χ1v) is 12.0. The standard InChI is InChI=1S/C11H17N3O2S.C4H9ClO4S/c12-13-11-5-3-10(4-6-11)9-17(15,16)14-7-1-2-8-14;5-3-1-2-4(6)10(7,8)9/h3-6,13H,1-2,7-9,12H2;4,6H,1-3H2,(H,7,8,9). The van der Waals surface area contributed by atoms with Gasteiger partial charge in [0, 0.05) is 24.7 Å². The molecule has 1 aliphatic heterocycles. The Morgan fingerprint density at radius 1 is 1.15 bits per heavy atom. The summed E-state index contributed by atoms with van der Waals surface area (Å²) in [5.74, 6) is 5.59. The van der Waals surface area contributed by atoms with Crippen LogP contribution in [0.15, 0.2) is 24.3 Å². The first-order chi connectivity index (χ1) is 12.6. The van der Waals surface area contributed by atoms with Gasteiger partial charge in [0.05, 0.1) is 5.75 Å². The Labute approximate surface area is 165 Å². The van der Waals surface area contributed by atoms with Crippen LogP contribution in [0.3, 0.4) is 0 Å². The number of nitrogens with two attached hydrogens (primary N) is 1. The molecule has 1 unspecified atom stereocenters. The Morgan fingerprint density at radius 3 is 2.15 bits per heavy atom. The summed E-state index contributed by atoms with van der Waals surface area (Å²) in [6.07, 6.45) is 2.27. The number of aliphatic hydroxyl groups is 1. The predicted octanol–water partition coefficient (Wildman–Crippen LogP) is 1.11. The number of aliphatic hydroxyl groups excluding tert-OH is 1. The van der Waals surface area contributed by atoms with Gasteiger partial charge in [-0.25, -0.2) is 12.7 Å². The number of hydrazine groups is 1. The average molecular weight is 444 g/mol. The number of nitrogens with zero attached hydrogens (tertiary/aromatic N) is 1. The smallest absolute Gasteiger partial charge is 0.291 e. The van der Waals surface area contributed by atoms with Crippen molar-refractivity contribution in [2.75, 3.05) is 24.4 Å². The number of hydrogen-bond donors (Lipinski definition) is 4. The molecular formula is C15H26ClN3O6S2. The van der Waals surface area contributed by atoms with E-state index in [-0.39, 0.29) is 18.1 Å². The van der Waals surface area contributed by atoms with Gasteiger partial charge < -0.3 is 10.5 Å². The minimum atomic E-state index is -4.28. The molecule has 5 N–H and O–H groups in total. The van der Waals surface area contributed by atoms with Gasteiger partial charge >= 0.3 is 0 Å². The number of alkyl halides is 1. The summed E-state index contributed by atoms with van der Waals surface area (Å²) >= 11 is 5.21. The molecule has 1 aliphatic rings. The van der Waals surface area contributed by atoms with Gasteiger partial charge in [-0.2, -0.15) is 8.42 Å². The molecule has 0 spiro atoms. The maximum Gasteiger partial charge on any atom is 0.291 e.